The molecule has 3 aromatic rings. The zero-order chi connectivity index (χ0) is 23.9. The molecule has 0 radical (unpaired) electrons. The Morgan fingerprint density at radius 3 is 2.35 bits per heavy atom. The summed E-state index contributed by atoms with van der Waals surface area (Å²) in [6.07, 6.45) is 0. The topological polar surface area (TPSA) is 86.8 Å². The Morgan fingerprint density at radius 1 is 1.03 bits per heavy atom. The zero-order valence-electron chi connectivity index (χ0n) is 18.8. The molecule has 2 aromatic carbocycles. The molecular formula is C24H26FN5O3S. The highest BCUT2D eigenvalue weighted by atomic mass is 32.1. The highest BCUT2D eigenvalue weighted by molar-refractivity contribution is 7.14. The van der Waals surface area contributed by atoms with Crippen molar-refractivity contribution in [2.24, 2.45) is 0 Å². The van der Waals surface area contributed by atoms with Crippen molar-refractivity contribution in [2.75, 3.05) is 62.0 Å². The lowest BCUT2D eigenvalue weighted by molar-refractivity contribution is -0.119. The summed E-state index contributed by atoms with van der Waals surface area (Å²) < 4.78 is 18.5. The van der Waals surface area contributed by atoms with E-state index in [9.17, 15) is 14.0 Å². The van der Waals surface area contributed by atoms with Crippen LogP contribution in [0.25, 0.3) is 11.3 Å². The second-order valence-electron chi connectivity index (χ2n) is 7.96. The number of benzene rings is 2. The van der Waals surface area contributed by atoms with Crippen LogP contribution in [0.2, 0.25) is 0 Å². The third-order valence-electron chi connectivity index (χ3n) is 5.24. The summed E-state index contributed by atoms with van der Waals surface area (Å²) in [5.41, 5.74) is 3.23. The molecule has 0 bridgehead atoms. The van der Waals surface area contributed by atoms with Crippen LogP contribution in [-0.2, 0) is 14.3 Å². The van der Waals surface area contributed by atoms with Crippen LogP contribution in [0.1, 0.15) is 0 Å². The number of amides is 2. The van der Waals surface area contributed by atoms with Gasteiger partial charge in [0.15, 0.2) is 5.13 Å². The molecule has 0 unspecified atom stereocenters. The predicted molar refractivity (Wildman–Crippen MR) is 132 cm³/mol. The van der Waals surface area contributed by atoms with Crippen molar-refractivity contribution in [1.29, 1.82) is 0 Å². The molecule has 2 heterocycles. The average molecular weight is 484 g/mol. The summed E-state index contributed by atoms with van der Waals surface area (Å²) in [4.78, 5) is 33.0. The van der Waals surface area contributed by atoms with Gasteiger partial charge in [-0.25, -0.2) is 9.37 Å². The minimum absolute atomic E-state index is 0.0366. The third kappa shape index (κ3) is 6.60. The number of nitrogens with zero attached hydrogens (tertiary/aromatic N) is 3. The lowest BCUT2D eigenvalue weighted by Gasteiger charge is -2.28. The molecule has 0 atom stereocenters. The molecule has 1 saturated heterocycles. The van der Waals surface area contributed by atoms with Crippen LogP contribution in [0.5, 0.6) is 0 Å². The summed E-state index contributed by atoms with van der Waals surface area (Å²) in [6, 6.07) is 13.7. The highest BCUT2D eigenvalue weighted by Crippen LogP contribution is 2.25. The number of rotatable bonds is 8. The van der Waals surface area contributed by atoms with Crippen LogP contribution in [0.3, 0.4) is 0 Å². The van der Waals surface area contributed by atoms with Gasteiger partial charge < -0.3 is 20.3 Å². The number of anilines is 3. The summed E-state index contributed by atoms with van der Waals surface area (Å²) >= 11 is 1.29. The van der Waals surface area contributed by atoms with E-state index in [2.05, 4.69) is 20.5 Å². The maximum Gasteiger partial charge on any atom is 0.240 e. The number of likely N-dealkylation sites (N-methyl/N-ethyl adjacent to an activating group) is 1. The predicted octanol–water partition coefficient (Wildman–Crippen LogP) is 3.29. The second-order valence-corrected chi connectivity index (χ2v) is 8.82. The minimum Gasteiger partial charge on any atom is -0.378 e. The van der Waals surface area contributed by atoms with Gasteiger partial charge in [-0.2, -0.15) is 0 Å². The Hall–Kier alpha value is -3.34. The van der Waals surface area contributed by atoms with Gasteiger partial charge in [0, 0.05) is 35.4 Å². The van der Waals surface area contributed by atoms with E-state index in [1.54, 1.807) is 29.5 Å². The van der Waals surface area contributed by atoms with Gasteiger partial charge in [0.1, 0.15) is 5.82 Å². The average Bonchev–Trinajstić information content (AvgIpc) is 3.28. The lowest BCUT2D eigenvalue weighted by atomic mass is 10.2. The minimum atomic E-state index is -0.315. The zero-order valence-corrected chi connectivity index (χ0v) is 19.6. The molecule has 4 rings (SSSR count). The number of carbonyl (C=O) groups is 2. The van der Waals surface area contributed by atoms with Crippen molar-refractivity contribution in [2.45, 2.75) is 0 Å². The monoisotopic (exact) mass is 483 g/mol. The van der Waals surface area contributed by atoms with Crippen molar-refractivity contribution in [3.63, 3.8) is 0 Å². The maximum atomic E-state index is 13.1. The molecule has 1 aliphatic rings. The van der Waals surface area contributed by atoms with Crippen molar-refractivity contribution in [3.05, 3.63) is 59.7 Å². The van der Waals surface area contributed by atoms with Gasteiger partial charge in [-0.15, -0.1) is 11.3 Å². The smallest absolute Gasteiger partial charge is 0.240 e. The molecule has 0 saturated carbocycles. The SMILES string of the molecule is CN(CC(=O)Nc1ccc(N2CCOCC2)cc1)CC(=O)Nc1nc(-c2ccc(F)cc2)cs1. The van der Waals surface area contributed by atoms with E-state index in [1.807, 2.05) is 24.3 Å². The van der Waals surface area contributed by atoms with Crippen LogP contribution < -0.4 is 15.5 Å². The first-order valence-electron chi connectivity index (χ1n) is 10.9. The molecule has 2 amide bonds. The molecule has 8 nitrogen and oxygen atoms in total. The number of morpholine rings is 1. The summed E-state index contributed by atoms with van der Waals surface area (Å²) in [5.74, 6) is -0.794. The summed E-state index contributed by atoms with van der Waals surface area (Å²) in [6.45, 7) is 3.25. The molecule has 0 spiro atoms. The quantitative estimate of drug-likeness (QED) is 0.511. The number of carbonyl (C=O) groups excluding carboxylic acids is 2. The van der Waals surface area contributed by atoms with E-state index in [-0.39, 0.29) is 30.7 Å². The van der Waals surface area contributed by atoms with Crippen molar-refractivity contribution >= 4 is 39.7 Å². The highest BCUT2D eigenvalue weighted by Gasteiger charge is 2.14. The Labute approximate surface area is 201 Å². The van der Waals surface area contributed by atoms with E-state index in [4.69, 9.17) is 4.74 Å². The van der Waals surface area contributed by atoms with Gasteiger partial charge in [0.2, 0.25) is 11.8 Å². The van der Waals surface area contributed by atoms with Gasteiger partial charge in [-0.3, -0.25) is 14.5 Å². The van der Waals surface area contributed by atoms with Gasteiger partial charge >= 0.3 is 0 Å². The first-order valence-corrected chi connectivity index (χ1v) is 11.8. The fourth-order valence-electron chi connectivity index (χ4n) is 3.57. The largest absolute Gasteiger partial charge is 0.378 e. The van der Waals surface area contributed by atoms with E-state index in [0.717, 1.165) is 37.6 Å². The van der Waals surface area contributed by atoms with Crippen molar-refractivity contribution in [3.8, 4) is 11.3 Å². The number of ether oxygens (including phenoxy) is 1. The molecule has 1 fully saturated rings. The number of aromatic nitrogens is 1. The fraction of sp³-hybridized carbons (Fsp3) is 0.292. The van der Waals surface area contributed by atoms with E-state index in [0.29, 0.717) is 16.5 Å². The van der Waals surface area contributed by atoms with E-state index >= 15 is 0 Å². The number of hydrogen-bond donors (Lipinski definition) is 2. The Balaban J connectivity index is 1.22. The maximum absolute atomic E-state index is 13.1. The van der Waals surface area contributed by atoms with E-state index < -0.39 is 0 Å². The summed E-state index contributed by atoms with van der Waals surface area (Å²) in [5, 5.41) is 7.84. The van der Waals surface area contributed by atoms with Gasteiger partial charge in [-0.05, 0) is 55.6 Å². The molecule has 34 heavy (non-hydrogen) atoms. The second kappa shape index (κ2) is 11.2. The van der Waals surface area contributed by atoms with Gasteiger partial charge in [0.05, 0.1) is 32.0 Å². The molecule has 178 valence electrons. The van der Waals surface area contributed by atoms with Crippen molar-refractivity contribution < 1.29 is 18.7 Å². The first-order chi connectivity index (χ1) is 16.5. The molecular weight excluding hydrogens is 457 g/mol. The van der Waals surface area contributed by atoms with Gasteiger partial charge in [0.25, 0.3) is 0 Å². The van der Waals surface area contributed by atoms with Crippen LogP contribution in [0.4, 0.5) is 20.9 Å². The normalized spacial score (nSPS) is 13.7. The van der Waals surface area contributed by atoms with Crippen LogP contribution in [0.15, 0.2) is 53.9 Å². The molecule has 10 heteroatoms. The summed E-state index contributed by atoms with van der Waals surface area (Å²) in [7, 11) is 1.70. The lowest BCUT2D eigenvalue weighted by Crippen LogP contribution is -2.36. The molecule has 2 N–H and O–H groups in total. The van der Waals surface area contributed by atoms with Crippen molar-refractivity contribution in [1.82, 2.24) is 9.88 Å². The Bertz CT molecular complexity index is 1110. The standard InChI is InChI=1S/C24H26FN5O3S/c1-29(14-22(31)26-19-6-8-20(9-7-19)30-10-12-33-13-11-30)15-23(32)28-24-27-21(16-34-24)17-2-4-18(25)5-3-17/h2-9,16H,10-15H2,1H3,(H,26,31)(H,27,28,32). The Kier molecular flexibility index (Phi) is 7.84. The van der Waals surface area contributed by atoms with E-state index in [1.165, 1.54) is 23.5 Å². The fourth-order valence-corrected chi connectivity index (χ4v) is 4.30. The molecule has 0 aliphatic carbocycles. The Morgan fingerprint density at radius 2 is 1.68 bits per heavy atom. The number of thiazole rings is 1. The van der Waals surface area contributed by atoms with Crippen LogP contribution in [-0.4, -0.2) is 68.1 Å². The first kappa shape index (κ1) is 23.8. The molecule has 1 aliphatic heterocycles. The third-order valence-corrected chi connectivity index (χ3v) is 6.00. The number of halogens is 1. The number of nitrogens with one attached hydrogen (secondary N) is 2. The van der Waals surface area contributed by atoms with Crippen LogP contribution in [0, 0.1) is 5.82 Å². The van der Waals surface area contributed by atoms with Gasteiger partial charge in [-0.1, -0.05) is 0 Å². The molecule has 1 aromatic heterocycles. The van der Waals surface area contributed by atoms with Crippen LogP contribution >= 0.6 is 11.3 Å². The number of hydrogen-bond acceptors (Lipinski definition) is 7.